The molecule has 0 bridgehead atoms. The molecule has 0 amide bonds. The van der Waals surface area contributed by atoms with E-state index in [1.807, 2.05) is 18.2 Å². The molecule has 1 aromatic heterocycles. The van der Waals surface area contributed by atoms with Gasteiger partial charge in [0, 0.05) is 6.42 Å². The summed E-state index contributed by atoms with van der Waals surface area (Å²) < 4.78 is 16.2. The lowest BCUT2D eigenvalue weighted by Gasteiger charge is -2.35. The van der Waals surface area contributed by atoms with Gasteiger partial charge in [0.1, 0.15) is 6.04 Å². The second-order valence-electron chi connectivity index (χ2n) is 6.25. The Labute approximate surface area is 131 Å². The highest BCUT2D eigenvalue weighted by Gasteiger charge is 2.42. The zero-order chi connectivity index (χ0) is 16.1. The third-order valence-corrected chi connectivity index (χ3v) is 4.90. The van der Waals surface area contributed by atoms with Crippen LogP contribution < -0.4 is 5.69 Å². The van der Waals surface area contributed by atoms with Crippen LogP contribution in [0.25, 0.3) is 0 Å². The number of benzene rings is 1. The fraction of sp³-hybridized carbons (Fsp3) is 0.438. The van der Waals surface area contributed by atoms with Gasteiger partial charge in [-0.1, -0.05) is 30.3 Å². The van der Waals surface area contributed by atoms with E-state index in [0.717, 1.165) is 17.4 Å². The summed E-state index contributed by atoms with van der Waals surface area (Å²) in [5, 5.41) is 13.2. The average molecular weight is 317 g/mol. The van der Waals surface area contributed by atoms with E-state index in [1.54, 1.807) is 0 Å². The molecule has 1 aliphatic heterocycles. The molecule has 1 N–H and O–H groups in total. The van der Waals surface area contributed by atoms with E-state index in [1.165, 1.54) is 10.2 Å². The first-order valence-corrected chi connectivity index (χ1v) is 7.69. The van der Waals surface area contributed by atoms with Crippen LogP contribution in [0.1, 0.15) is 54.8 Å². The van der Waals surface area contributed by atoms with Crippen LogP contribution in [0.15, 0.2) is 35.1 Å². The molecule has 2 aromatic rings. The average Bonchev–Trinajstić information content (AvgIpc) is 2.99. The highest BCUT2D eigenvalue weighted by Crippen LogP contribution is 2.44. The van der Waals surface area contributed by atoms with E-state index in [-0.39, 0.29) is 18.3 Å². The quantitative estimate of drug-likeness (QED) is 0.941. The Morgan fingerprint density at radius 1 is 1.22 bits per heavy atom. The molecule has 0 radical (unpaired) electrons. The lowest BCUT2D eigenvalue weighted by atomic mass is 9.76. The number of carbonyl (C=O) groups is 1. The summed E-state index contributed by atoms with van der Waals surface area (Å²) in [5.41, 5.74) is 0.708. The fourth-order valence-corrected chi connectivity index (χ4v) is 3.56. The van der Waals surface area contributed by atoms with E-state index < -0.39 is 23.9 Å². The first-order chi connectivity index (χ1) is 11.1. The summed E-state index contributed by atoms with van der Waals surface area (Å²) in [6, 6.07) is 8.77. The molecule has 1 aliphatic carbocycles. The standard InChI is InChI=1S/C16H16FN3O3/c17-12-8-13(15(21)22)19-14(12)18-20(16(19)23)11-6-10(7-11)9-4-2-1-3-5-9/h1-5,10-13H,6-8H2,(H,21,22)/t10?,11?,12-,13-/m0/s1. The second-order valence-corrected chi connectivity index (χ2v) is 6.25. The van der Waals surface area contributed by atoms with Crippen LogP contribution in [-0.4, -0.2) is 25.4 Å². The molecule has 0 saturated heterocycles. The second kappa shape index (κ2) is 5.04. The Balaban J connectivity index is 1.59. The Morgan fingerprint density at radius 2 is 1.91 bits per heavy atom. The number of carboxylic acids is 1. The minimum atomic E-state index is -1.49. The minimum Gasteiger partial charge on any atom is -0.480 e. The van der Waals surface area contributed by atoms with E-state index in [4.69, 9.17) is 5.11 Å². The Kier molecular flexibility index (Phi) is 3.11. The normalized spacial score (nSPS) is 29.1. The van der Waals surface area contributed by atoms with Crippen molar-refractivity contribution in [3.63, 3.8) is 0 Å². The van der Waals surface area contributed by atoms with Crippen molar-refractivity contribution in [2.45, 2.75) is 43.4 Å². The van der Waals surface area contributed by atoms with Crippen molar-refractivity contribution in [1.29, 1.82) is 0 Å². The number of rotatable bonds is 3. The van der Waals surface area contributed by atoms with Crippen LogP contribution in [0.4, 0.5) is 4.39 Å². The maximum Gasteiger partial charge on any atom is 0.347 e. The first-order valence-electron chi connectivity index (χ1n) is 7.69. The minimum absolute atomic E-state index is 0.0504. The van der Waals surface area contributed by atoms with Gasteiger partial charge >= 0.3 is 11.7 Å². The maximum atomic E-state index is 13.9. The van der Waals surface area contributed by atoms with Crippen LogP contribution >= 0.6 is 0 Å². The molecule has 1 aromatic carbocycles. The lowest BCUT2D eigenvalue weighted by Crippen LogP contribution is -2.36. The Hall–Kier alpha value is -2.44. The van der Waals surface area contributed by atoms with Gasteiger partial charge in [-0.15, -0.1) is 0 Å². The van der Waals surface area contributed by atoms with Crippen molar-refractivity contribution in [3.8, 4) is 0 Å². The highest BCUT2D eigenvalue weighted by atomic mass is 19.1. The number of hydrogen-bond acceptors (Lipinski definition) is 3. The zero-order valence-corrected chi connectivity index (χ0v) is 12.3. The summed E-state index contributed by atoms with van der Waals surface area (Å²) in [7, 11) is 0. The van der Waals surface area contributed by atoms with E-state index >= 15 is 0 Å². The van der Waals surface area contributed by atoms with Gasteiger partial charge in [-0.05, 0) is 24.3 Å². The monoisotopic (exact) mass is 317 g/mol. The van der Waals surface area contributed by atoms with Crippen LogP contribution in [0.2, 0.25) is 0 Å². The molecule has 2 aliphatic rings. The molecule has 7 heteroatoms. The molecule has 6 nitrogen and oxygen atoms in total. The summed E-state index contributed by atoms with van der Waals surface area (Å²) in [6.45, 7) is 0. The number of halogens is 1. The van der Waals surface area contributed by atoms with Gasteiger partial charge in [0.25, 0.3) is 0 Å². The van der Waals surface area contributed by atoms with E-state index in [0.29, 0.717) is 5.92 Å². The van der Waals surface area contributed by atoms with Crippen LogP contribution in [0.5, 0.6) is 0 Å². The lowest BCUT2D eigenvalue weighted by molar-refractivity contribution is -0.141. The molecule has 0 spiro atoms. The summed E-state index contributed by atoms with van der Waals surface area (Å²) >= 11 is 0. The van der Waals surface area contributed by atoms with Crippen molar-refractivity contribution < 1.29 is 14.3 Å². The molecule has 2 atom stereocenters. The number of carboxylic acid groups (broad SMARTS) is 1. The van der Waals surface area contributed by atoms with Crippen LogP contribution in [-0.2, 0) is 4.79 Å². The molecule has 120 valence electrons. The van der Waals surface area contributed by atoms with Gasteiger partial charge in [-0.3, -0.25) is 4.57 Å². The van der Waals surface area contributed by atoms with Crippen molar-refractivity contribution in [3.05, 3.63) is 52.2 Å². The predicted octanol–water partition coefficient (Wildman–Crippen LogP) is 2.20. The molecule has 23 heavy (non-hydrogen) atoms. The first kappa shape index (κ1) is 14.2. The Morgan fingerprint density at radius 3 is 2.57 bits per heavy atom. The number of alkyl halides is 1. The van der Waals surface area contributed by atoms with Crippen molar-refractivity contribution in [1.82, 2.24) is 14.3 Å². The summed E-state index contributed by atoms with van der Waals surface area (Å²) in [4.78, 5) is 23.6. The SMILES string of the molecule is O=C(O)[C@@H]1C[C@H](F)c2nn(C3CC(c4ccccc4)C3)c(=O)n21. The van der Waals surface area contributed by atoms with Crippen molar-refractivity contribution in [2.24, 2.45) is 0 Å². The Bertz CT molecular complexity index is 808. The van der Waals surface area contributed by atoms with Gasteiger partial charge in [0.15, 0.2) is 12.0 Å². The summed E-state index contributed by atoms with van der Waals surface area (Å²) in [5.74, 6) is -0.879. The fourth-order valence-electron chi connectivity index (χ4n) is 3.56. The summed E-state index contributed by atoms with van der Waals surface area (Å²) in [6.07, 6.45) is -0.190. The van der Waals surface area contributed by atoms with Crippen LogP contribution in [0.3, 0.4) is 0 Å². The number of aliphatic carboxylic acids is 1. The number of aromatic nitrogens is 3. The number of fused-ring (bicyclic) bond motifs is 1. The largest absolute Gasteiger partial charge is 0.480 e. The number of hydrogen-bond donors (Lipinski definition) is 1. The molecule has 1 saturated carbocycles. The smallest absolute Gasteiger partial charge is 0.347 e. The van der Waals surface area contributed by atoms with Crippen LogP contribution in [0, 0.1) is 0 Å². The van der Waals surface area contributed by atoms with Gasteiger partial charge < -0.3 is 5.11 Å². The van der Waals surface area contributed by atoms with Gasteiger partial charge in [-0.2, -0.15) is 5.10 Å². The van der Waals surface area contributed by atoms with Gasteiger partial charge in [-0.25, -0.2) is 18.7 Å². The van der Waals surface area contributed by atoms with Crippen molar-refractivity contribution in [2.75, 3.05) is 0 Å². The van der Waals surface area contributed by atoms with Gasteiger partial charge in [0.2, 0.25) is 0 Å². The van der Waals surface area contributed by atoms with Crippen molar-refractivity contribution >= 4 is 5.97 Å². The van der Waals surface area contributed by atoms with E-state index in [9.17, 15) is 14.0 Å². The molecule has 0 unspecified atom stereocenters. The molecule has 2 heterocycles. The third-order valence-electron chi connectivity index (χ3n) is 4.90. The third kappa shape index (κ3) is 2.10. The highest BCUT2D eigenvalue weighted by molar-refractivity contribution is 5.72. The molecule has 4 rings (SSSR count). The topological polar surface area (TPSA) is 77.1 Å². The maximum absolute atomic E-state index is 13.9. The number of nitrogens with zero attached hydrogens (tertiary/aromatic N) is 3. The molecular weight excluding hydrogens is 301 g/mol. The predicted molar refractivity (Wildman–Crippen MR) is 79.1 cm³/mol. The zero-order valence-electron chi connectivity index (χ0n) is 12.3. The van der Waals surface area contributed by atoms with E-state index in [2.05, 4.69) is 17.2 Å². The molecule has 1 fully saturated rings. The molecular formula is C16H16FN3O3. The van der Waals surface area contributed by atoms with Gasteiger partial charge in [0.05, 0.1) is 6.04 Å².